The Bertz CT molecular complexity index is 690. The van der Waals surface area contributed by atoms with E-state index in [-0.39, 0.29) is 17.3 Å². The molecule has 0 saturated carbocycles. The lowest BCUT2D eigenvalue weighted by molar-refractivity contribution is 0.580. The van der Waals surface area contributed by atoms with Crippen molar-refractivity contribution in [1.82, 2.24) is 4.72 Å². The maximum atomic E-state index is 14.1. The van der Waals surface area contributed by atoms with Gasteiger partial charge in [-0.3, -0.25) is 0 Å². The van der Waals surface area contributed by atoms with Crippen molar-refractivity contribution in [3.05, 3.63) is 54.3 Å². The quantitative estimate of drug-likeness (QED) is 0.863. The van der Waals surface area contributed by atoms with Crippen molar-refractivity contribution in [2.24, 2.45) is 0 Å². The van der Waals surface area contributed by atoms with Gasteiger partial charge >= 0.3 is 0 Å². The van der Waals surface area contributed by atoms with E-state index in [1.165, 1.54) is 12.1 Å². The summed E-state index contributed by atoms with van der Waals surface area (Å²) in [6.07, 6.45) is 0. The van der Waals surface area contributed by atoms with Crippen LogP contribution in [-0.2, 0) is 10.0 Å². The fourth-order valence-electron chi connectivity index (χ4n) is 1.77. The lowest BCUT2D eigenvalue weighted by Gasteiger charge is -2.08. The molecule has 6 heteroatoms. The summed E-state index contributed by atoms with van der Waals surface area (Å²) in [6.45, 7) is 0.103. The summed E-state index contributed by atoms with van der Waals surface area (Å²) in [5, 5.41) is 0. The second kappa shape index (κ2) is 6.35. The minimum absolute atomic E-state index is 0.103. The number of nitrogens with one attached hydrogen (secondary N) is 1. The molecule has 2 aromatic carbocycles. The summed E-state index contributed by atoms with van der Waals surface area (Å²) in [6, 6.07) is 12.8. The van der Waals surface area contributed by atoms with Crippen LogP contribution in [0.5, 0.6) is 0 Å². The molecule has 0 heterocycles. The average Bonchev–Trinajstić information content (AvgIpc) is 2.46. The van der Waals surface area contributed by atoms with E-state index >= 15 is 0 Å². The predicted octanol–water partition coefficient (Wildman–Crippen LogP) is 3.01. The van der Waals surface area contributed by atoms with Crippen LogP contribution in [0.4, 0.5) is 4.39 Å². The standard InChI is InChI=1S/C14H13ClFNO2S/c15-8-9-17-20(18,19)12-6-7-13(14(16)10-12)11-4-2-1-3-5-11/h1-7,10,17H,8-9H2. The molecule has 2 aromatic rings. The van der Waals surface area contributed by atoms with Gasteiger partial charge in [-0.1, -0.05) is 36.4 Å². The third kappa shape index (κ3) is 3.36. The first kappa shape index (κ1) is 15.0. The van der Waals surface area contributed by atoms with Gasteiger partial charge in [-0.25, -0.2) is 17.5 Å². The highest BCUT2D eigenvalue weighted by Crippen LogP contribution is 2.24. The van der Waals surface area contributed by atoms with E-state index in [0.29, 0.717) is 11.1 Å². The second-order valence-corrected chi connectivity index (χ2v) is 6.24. The normalized spacial score (nSPS) is 11.5. The lowest BCUT2D eigenvalue weighted by atomic mass is 10.1. The van der Waals surface area contributed by atoms with Gasteiger partial charge in [-0.15, -0.1) is 11.6 Å². The van der Waals surface area contributed by atoms with Crippen molar-refractivity contribution in [3.8, 4) is 11.1 Å². The van der Waals surface area contributed by atoms with E-state index in [9.17, 15) is 12.8 Å². The van der Waals surface area contributed by atoms with Crippen molar-refractivity contribution in [2.45, 2.75) is 4.90 Å². The monoisotopic (exact) mass is 313 g/mol. The zero-order valence-electron chi connectivity index (χ0n) is 10.5. The lowest BCUT2D eigenvalue weighted by Crippen LogP contribution is -2.25. The van der Waals surface area contributed by atoms with Gasteiger partial charge in [0, 0.05) is 18.0 Å². The minimum Gasteiger partial charge on any atom is -0.210 e. The molecule has 0 aliphatic rings. The van der Waals surface area contributed by atoms with Crippen LogP contribution in [-0.4, -0.2) is 20.8 Å². The largest absolute Gasteiger partial charge is 0.240 e. The number of sulfonamides is 1. The van der Waals surface area contributed by atoms with E-state index < -0.39 is 15.8 Å². The fraction of sp³-hybridized carbons (Fsp3) is 0.143. The number of rotatable bonds is 5. The Kier molecular flexibility index (Phi) is 4.75. The molecule has 0 amide bonds. The number of benzene rings is 2. The first-order valence-corrected chi connectivity index (χ1v) is 7.97. The van der Waals surface area contributed by atoms with Gasteiger partial charge in [0.2, 0.25) is 10.0 Å². The van der Waals surface area contributed by atoms with Crippen LogP contribution in [0, 0.1) is 5.82 Å². The molecule has 0 bridgehead atoms. The minimum atomic E-state index is -3.72. The molecule has 0 fully saturated rings. The van der Waals surface area contributed by atoms with Gasteiger partial charge in [-0.05, 0) is 17.7 Å². The molecule has 0 unspecified atom stereocenters. The smallest absolute Gasteiger partial charge is 0.210 e. The SMILES string of the molecule is O=S(=O)(NCCCl)c1ccc(-c2ccccc2)c(F)c1. The summed E-state index contributed by atoms with van der Waals surface area (Å²) < 4.78 is 40.1. The van der Waals surface area contributed by atoms with Crippen LogP contribution in [0.15, 0.2) is 53.4 Å². The second-order valence-electron chi connectivity index (χ2n) is 4.09. The van der Waals surface area contributed by atoms with Gasteiger partial charge in [0.15, 0.2) is 0 Å². The zero-order valence-corrected chi connectivity index (χ0v) is 12.1. The number of hydrogen-bond acceptors (Lipinski definition) is 2. The topological polar surface area (TPSA) is 46.2 Å². The van der Waals surface area contributed by atoms with Crippen LogP contribution < -0.4 is 4.72 Å². The van der Waals surface area contributed by atoms with Gasteiger partial charge in [-0.2, -0.15) is 0 Å². The number of halogens is 2. The van der Waals surface area contributed by atoms with Crippen molar-refractivity contribution in [3.63, 3.8) is 0 Å². The van der Waals surface area contributed by atoms with Crippen LogP contribution >= 0.6 is 11.6 Å². The van der Waals surface area contributed by atoms with Crippen LogP contribution in [0.2, 0.25) is 0 Å². The van der Waals surface area contributed by atoms with Gasteiger partial charge in [0.05, 0.1) is 4.90 Å². The molecule has 0 aliphatic carbocycles. The molecule has 0 radical (unpaired) electrons. The summed E-state index contributed by atoms with van der Waals surface area (Å²) in [5.41, 5.74) is 1.06. The molecular formula is C14H13ClFNO2S. The Morgan fingerprint density at radius 2 is 1.80 bits per heavy atom. The summed E-state index contributed by atoms with van der Waals surface area (Å²) in [7, 11) is -3.72. The van der Waals surface area contributed by atoms with Crippen molar-refractivity contribution in [1.29, 1.82) is 0 Å². The molecule has 0 aromatic heterocycles. The third-order valence-electron chi connectivity index (χ3n) is 2.72. The molecule has 106 valence electrons. The van der Waals surface area contributed by atoms with Gasteiger partial charge in [0.1, 0.15) is 5.82 Å². The Labute approximate surface area is 122 Å². The third-order valence-corrected chi connectivity index (χ3v) is 4.37. The molecule has 0 spiro atoms. The van der Waals surface area contributed by atoms with Crippen molar-refractivity contribution >= 4 is 21.6 Å². The molecule has 0 atom stereocenters. The Morgan fingerprint density at radius 3 is 2.40 bits per heavy atom. The molecule has 3 nitrogen and oxygen atoms in total. The maximum absolute atomic E-state index is 14.1. The number of alkyl halides is 1. The van der Waals surface area contributed by atoms with Crippen LogP contribution in [0.1, 0.15) is 0 Å². The van der Waals surface area contributed by atoms with E-state index in [1.54, 1.807) is 24.3 Å². The van der Waals surface area contributed by atoms with Crippen LogP contribution in [0.25, 0.3) is 11.1 Å². The van der Waals surface area contributed by atoms with E-state index in [2.05, 4.69) is 4.72 Å². The fourth-order valence-corrected chi connectivity index (χ4v) is 3.02. The summed E-state index contributed by atoms with van der Waals surface area (Å²) in [4.78, 5) is -0.111. The average molecular weight is 314 g/mol. The molecule has 1 N–H and O–H groups in total. The predicted molar refractivity (Wildman–Crippen MR) is 77.7 cm³/mol. The van der Waals surface area contributed by atoms with E-state index in [1.807, 2.05) is 6.07 Å². The molecular weight excluding hydrogens is 301 g/mol. The zero-order chi connectivity index (χ0) is 14.6. The highest BCUT2D eigenvalue weighted by molar-refractivity contribution is 7.89. The van der Waals surface area contributed by atoms with Crippen molar-refractivity contribution in [2.75, 3.05) is 12.4 Å². The Hall–Kier alpha value is -1.43. The Balaban J connectivity index is 2.36. The van der Waals surface area contributed by atoms with Gasteiger partial charge in [0.25, 0.3) is 0 Å². The molecule has 20 heavy (non-hydrogen) atoms. The summed E-state index contributed by atoms with van der Waals surface area (Å²) in [5.74, 6) is -0.422. The van der Waals surface area contributed by atoms with Crippen LogP contribution in [0.3, 0.4) is 0 Å². The highest BCUT2D eigenvalue weighted by Gasteiger charge is 2.16. The highest BCUT2D eigenvalue weighted by atomic mass is 35.5. The Morgan fingerprint density at radius 1 is 1.10 bits per heavy atom. The molecule has 2 rings (SSSR count). The maximum Gasteiger partial charge on any atom is 0.240 e. The first-order valence-electron chi connectivity index (χ1n) is 5.95. The molecule has 0 saturated heterocycles. The number of hydrogen-bond donors (Lipinski definition) is 1. The van der Waals surface area contributed by atoms with E-state index in [4.69, 9.17) is 11.6 Å². The van der Waals surface area contributed by atoms with Gasteiger partial charge < -0.3 is 0 Å². The van der Waals surface area contributed by atoms with E-state index in [0.717, 1.165) is 6.07 Å². The van der Waals surface area contributed by atoms with Crippen molar-refractivity contribution < 1.29 is 12.8 Å². The first-order chi connectivity index (χ1) is 9.54. The summed E-state index contributed by atoms with van der Waals surface area (Å²) >= 11 is 5.43. The molecule has 0 aliphatic heterocycles.